The lowest BCUT2D eigenvalue weighted by atomic mass is 10.1. The Hall–Kier alpha value is -2.86. The molecule has 0 aliphatic rings. The van der Waals surface area contributed by atoms with E-state index in [1.807, 2.05) is 55.5 Å². The number of benzene rings is 3. The van der Waals surface area contributed by atoms with Gasteiger partial charge in [0.15, 0.2) is 0 Å². The molecule has 32 heavy (non-hydrogen) atoms. The van der Waals surface area contributed by atoms with Gasteiger partial charge < -0.3 is 4.18 Å². The zero-order chi connectivity index (χ0) is 22.5. The van der Waals surface area contributed by atoms with Gasteiger partial charge in [-0.25, -0.2) is 4.68 Å². The second kappa shape index (κ2) is 10.2. The first-order chi connectivity index (χ1) is 15.5. The molecule has 4 rings (SSSR count). The van der Waals surface area contributed by atoms with Crippen LogP contribution >= 0.6 is 23.6 Å². The van der Waals surface area contributed by atoms with Crippen molar-refractivity contribution in [2.75, 3.05) is 0 Å². The zero-order valence-electron chi connectivity index (χ0n) is 17.9. The number of aryl methyl sites for hydroxylation is 2. The van der Waals surface area contributed by atoms with Gasteiger partial charge in [-0.3, -0.25) is 4.79 Å². The predicted octanol–water partition coefficient (Wildman–Crippen LogP) is 6.45. The Balaban J connectivity index is 1.52. The smallest absolute Gasteiger partial charge is 0.267 e. The minimum absolute atomic E-state index is 0.152. The van der Waals surface area contributed by atoms with Crippen LogP contribution in [-0.4, -0.2) is 9.78 Å². The molecule has 0 saturated heterocycles. The van der Waals surface area contributed by atoms with Crippen molar-refractivity contribution in [1.29, 1.82) is 0 Å². The van der Waals surface area contributed by atoms with Crippen LogP contribution in [0.3, 0.4) is 0 Å². The summed E-state index contributed by atoms with van der Waals surface area (Å²) in [6, 6.07) is 25.2. The van der Waals surface area contributed by atoms with E-state index in [1.54, 1.807) is 6.07 Å². The minimum Gasteiger partial charge on any atom is -0.305 e. The standard InChI is InChI=1S/C26H23ClN2O2S/c1-18-6-9-22(10-7-18)32-31-17-21-8-11-24(27)23(15-21)25-12-13-26(30)29(28-25)16-20-5-3-4-19(2)14-20/h3-15H,16-17H2,1-2H3. The second-order valence-corrected chi connectivity index (χ2v) is 8.96. The van der Waals surface area contributed by atoms with Gasteiger partial charge in [-0.1, -0.05) is 65.2 Å². The minimum atomic E-state index is -0.152. The van der Waals surface area contributed by atoms with E-state index in [4.69, 9.17) is 15.8 Å². The number of rotatable bonds is 7. The maximum Gasteiger partial charge on any atom is 0.267 e. The Labute approximate surface area is 197 Å². The number of nitrogens with zero attached hydrogens (tertiary/aromatic N) is 2. The monoisotopic (exact) mass is 462 g/mol. The SMILES string of the molecule is Cc1ccc(SOCc2ccc(Cl)c(-c3ccc(=O)n(Cc4cccc(C)c4)n3)c2)cc1. The molecule has 0 fully saturated rings. The lowest BCUT2D eigenvalue weighted by Gasteiger charge is -2.11. The van der Waals surface area contributed by atoms with Crippen molar-refractivity contribution in [2.45, 2.75) is 31.9 Å². The molecule has 6 heteroatoms. The molecule has 0 aliphatic heterocycles. The molecule has 0 N–H and O–H groups in total. The molecule has 0 saturated carbocycles. The summed E-state index contributed by atoms with van der Waals surface area (Å²) >= 11 is 7.82. The van der Waals surface area contributed by atoms with E-state index >= 15 is 0 Å². The van der Waals surface area contributed by atoms with Gasteiger partial charge in [0.05, 0.1) is 23.9 Å². The molecule has 0 amide bonds. The van der Waals surface area contributed by atoms with Gasteiger partial charge in [0.25, 0.3) is 5.56 Å². The van der Waals surface area contributed by atoms with Crippen LogP contribution in [0.5, 0.6) is 0 Å². The van der Waals surface area contributed by atoms with Crippen molar-refractivity contribution in [2.24, 2.45) is 0 Å². The van der Waals surface area contributed by atoms with Crippen LogP contribution in [0.15, 0.2) is 88.6 Å². The normalized spacial score (nSPS) is 11.0. The summed E-state index contributed by atoms with van der Waals surface area (Å²) < 4.78 is 7.28. The highest BCUT2D eigenvalue weighted by Gasteiger charge is 2.10. The van der Waals surface area contributed by atoms with E-state index in [1.165, 1.54) is 28.4 Å². The molecular formula is C26H23ClN2O2S. The first kappa shape index (κ1) is 22.3. The average molecular weight is 463 g/mol. The molecular weight excluding hydrogens is 440 g/mol. The maximum atomic E-state index is 12.4. The van der Waals surface area contributed by atoms with Crippen LogP contribution in [0.2, 0.25) is 5.02 Å². The average Bonchev–Trinajstić information content (AvgIpc) is 2.78. The fourth-order valence-corrected chi connectivity index (χ4v) is 4.10. The van der Waals surface area contributed by atoms with Crippen LogP contribution in [0, 0.1) is 13.8 Å². The highest BCUT2D eigenvalue weighted by atomic mass is 35.5. The Kier molecular flexibility index (Phi) is 7.10. The fourth-order valence-electron chi connectivity index (χ4n) is 3.31. The first-order valence-electron chi connectivity index (χ1n) is 10.3. The van der Waals surface area contributed by atoms with E-state index in [0.717, 1.165) is 27.1 Å². The van der Waals surface area contributed by atoms with Crippen LogP contribution in [0.4, 0.5) is 0 Å². The first-order valence-corrected chi connectivity index (χ1v) is 11.4. The topological polar surface area (TPSA) is 44.1 Å². The highest BCUT2D eigenvalue weighted by molar-refractivity contribution is 7.94. The van der Waals surface area contributed by atoms with Crippen molar-refractivity contribution < 1.29 is 4.18 Å². The number of hydrogen-bond donors (Lipinski definition) is 0. The quantitative estimate of drug-likeness (QED) is 0.296. The Morgan fingerprint density at radius 2 is 1.72 bits per heavy atom. The molecule has 0 radical (unpaired) electrons. The van der Waals surface area contributed by atoms with Gasteiger partial charge in [0.2, 0.25) is 0 Å². The summed E-state index contributed by atoms with van der Waals surface area (Å²) in [7, 11) is 0. The predicted molar refractivity (Wildman–Crippen MR) is 131 cm³/mol. The third-order valence-corrected chi connectivity index (χ3v) is 6.02. The number of aromatic nitrogens is 2. The molecule has 4 nitrogen and oxygen atoms in total. The molecule has 0 aliphatic carbocycles. The second-order valence-electron chi connectivity index (χ2n) is 7.68. The van der Waals surface area contributed by atoms with Crippen LogP contribution in [-0.2, 0) is 17.3 Å². The van der Waals surface area contributed by atoms with Gasteiger partial charge in [-0.2, -0.15) is 5.10 Å². The summed E-state index contributed by atoms with van der Waals surface area (Å²) in [5, 5.41) is 5.16. The largest absolute Gasteiger partial charge is 0.305 e. The number of hydrogen-bond acceptors (Lipinski definition) is 4. The maximum absolute atomic E-state index is 12.4. The molecule has 4 aromatic rings. The van der Waals surface area contributed by atoms with Crippen molar-refractivity contribution in [1.82, 2.24) is 9.78 Å². The summed E-state index contributed by atoms with van der Waals surface area (Å²) in [6.45, 7) is 4.91. The Morgan fingerprint density at radius 3 is 2.50 bits per heavy atom. The van der Waals surface area contributed by atoms with Crippen LogP contribution in [0.25, 0.3) is 11.3 Å². The Morgan fingerprint density at radius 1 is 0.906 bits per heavy atom. The lowest BCUT2D eigenvalue weighted by Crippen LogP contribution is -2.22. The molecule has 0 bridgehead atoms. The summed E-state index contributed by atoms with van der Waals surface area (Å²) in [6.07, 6.45) is 0. The Bertz CT molecular complexity index is 1290. The van der Waals surface area contributed by atoms with Gasteiger partial charge in [0.1, 0.15) is 0 Å². The molecule has 0 unspecified atom stereocenters. The molecule has 0 atom stereocenters. The zero-order valence-corrected chi connectivity index (χ0v) is 19.5. The molecule has 3 aromatic carbocycles. The molecule has 162 valence electrons. The summed E-state index contributed by atoms with van der Waals surface area (Å²) in [4.78, 5) is 13.4. The van der Waals surface area contributed by atoms with E-state index in [-0.39, 0.29) is 5.56 Å². The van der Waals surface area contributed by atoms with Crippen molar-refractivity contribution in [3.63, 3.8) is 0 Å². The third-order valence-electron chi connectivity index (χ3n) is 4.99. The van der Waals surface area contributed by atoms with Gasteiger partial charge in [-0.15, -0.1) is 0 Å². The lowest BCUT2D eigenvalue weighted by molar-refractivity contribution is 0.364. The van der Waals surface area contributed by atoms with E-state index in [9.17, 15) is 4.79 Å². The van der Waals surface area contributed by atoms with E-state index < -0.39 is 0 Å². The van der Waals surface area contributed by atoms with Gasteiger partial charge in [0, 0.05) is 28.6 Å². The van der Waals surface area contributed by atoms with Gasteiger partial charge >= 0.3 is 0 Å². The summed E-state index contributed by atoms with van der Waals surface area (Å²) in [5.41, 5.74) is 5.63. The molecule has 0 spiro atoms. The van der Waals surface area contributed by atoms with Crippen LogP contribution in [0.1, 0.15) is 22.3 Å². The van der Waals surface area contributed by atoms with Crippen LogP contribution < -0.4 is 5.56 Å². The number of halogens is 1. The highest BCUT2D eigenvalue weighted by Crippen LogP contribution is 2.28. The van der Waals surface area contributed by atoms with E-state index in [2.05, 4.69) is 30.2 Å². The van der Waals surface area contributed by atoms with Crippen molar-refractivity contribution in [3.8, 4) is 11.3 Å². The third kappa shape index (κ3) is 5.68. The summed E-state index contributed by atoms with van der Waals surface area (Å²) in [5.74, 6) is 0. The van der Waals surface area contributed by atoms with Crippen molar-refractivity contribution >= 4 is 23.6 Å². The fraction of sp³-hybridized carbons (Fsp3) is 0.154. The molecule has 1 aromatic heterocycles. The molecule has 1 heterocycles. The van der Waals surface area contributed by atoms with Gasteiger partial charge in [-0.05, 0) is 55.3 Å². The van der Waals surface area contributed by atoms with Crippen molar-refractivity contribution in [3.05, 3.63) is 116 Å². The van der Waals surface area contributed by atoms with E-state index in [0.29, 0.717) is 23.9 Å².